The predicted octanol–water partition coefficient (Wildman–Crippen LogP) is 3.66. The van der Waals surface area contributed by atoms with Crippen LogP contribution in [0.1, 0.15) is 27.2 Å². The van der Waals surface area contributed by atoms with Crippen LogP contribution in [0, 0.1) is 11.7 Å². The van der Waals surface area contributed by atoms with Crippen molar-refractivity contribution in [2.75, 3.05) is 6.61 Å². The van der Waals surface area contributed by atoms with Gasteiger partial charge in [-0.15, -0.1) is 10.2 Å². The lowest BCUT2D eigenvalue weighted by Crippen LogP contribution is -2.27. The van der Waals surface area contributed by atoms with E-state index in [-0.39, 0.29) is 31.3 Å². The topological polar surface area (TPSA) is 138 Å². The maximum Gasteiger partial charge on any atom is 0.306 e. The first-order chi connectivity index (χ1) is 17.2. The van der Waals surface area contributed by atoms with Gasteiger partial charge < -0.3 is 19.0 Å². The fourth-order valence-corrected chi connectivity index (χ4v) is 3.24. The van der Waals surface area contributed by atoms with Crippen molar-refractivity contribution in [1.29, 1.82) is 0 Å². The zero-order valence-electron chi connectivity index (χ0n) is 20.0. The smallest absolute Gasteiger partial charge is 0.306 e. The molecular formula is C24H25FN6O5. The quantitative estimate of drug-likeness (QED) is 0.342. The number of esters is 1. The average Bonchev–Trinajstić information content (AvgIpc) is 3.52. The molecule has 0 amide bonds. The van der Waals surface area contributed by atoms with Crippen molar-refractivity contribution in [3.05, 3.63) is 54.8 Å². The van der Waals surface area contributed by atoms with E-state index in [2.05, 4.69) is 25.4 Å². The Morgan fingerprint density at radius 2 is 1.97 bits per heavy atom. The summed E-state index contributed by atoms with van der Waals surface area (Å²) in [6, 6.07) is 7.86. The summed E-state index contributed by atoms with van der Waals surface area (Å²) in [5, 5.41) is 22.0. The summed E-state index contributed by atoms with van der Waals surface area (Å²) in [7, 11) is 0. The maximum absolute atomic E-state index is 14.4. The van der Waals surface area contributed by atoms with Crippen LogP contribution in [-0.2, 0) is 16.1 Å². The number of carbonyl (C=O) groups is 1. The number of aromatic nitrogens is 6. The normalized spacial score (nSPS) is 12.4. The van der Waals surface area contributed by atoms with E-state index in [1.807, 2.05) is 0 Å². The van der Waals surface area contributed by atoms with Crippen LogP contribution in [0.5, 0.6) is 11.6 Å². The summed E-state index contributed by atoms with van der Waals surface area (Å²) in [5.41, 5.74) is 0.437. The lowest BCUT2D eigenvalue weighted by atomic mass is 10.1. The Morgan fingerprint density at radius 1 is 1.19 bits per heavy atom. The SMILES string of the molecule is CC(C)(C)OC(=O)C[C@H](CO)Cn1nnc(-c2ccc(Oc3ncc(-c4ncco4)cc3F)cc2)n1. The third-order valence-corrected chi connectivity index (χ3v) is 4.82. The van der Waals surface area contributed by atoms with Crippen molar-refractivity contribution in [1.82, 2.24) is 30.2 Å². The highest BCUT2D eigenvalue weighted by molar-refractivity contribution is 5.70. The first kappa shape index (κ1) is 24.9. The summed E-state index contributed by atoms with van der Waals surface area (Å²) in [6.45, 7) is 5.31. The molecule has 11 nitrogen and oxygen atoms in total. The van der Waals surface area contributed by atoms with Crippen molar-refractivity contribution in [2.45, 2.75) is 39.3 Å². The molecule has 3 aromatic heterocycles. The molecule has 0 spiro atoms. The molecule has 0 bridgehead atoms. The van der Waals surface area contributed by atoms with Crippen molar-refractivity contribution < 1.29 is 28.2 Å². The molecule has 188 valence electrons. The second-order valence-corrected chi connectivity index (χ2v) is 8.98. The number of halogens is 1. The molecule has 0 aliphatic rings. The zero-order valence-corrected chi connectivity index (χ0v) is 20.0. The number of pyridine rings is 1. The third-order valence-electron chi connectivity index (χ3n) is 4.82. The van der Waals surface area contributed by atoms with Gasteiger partial charge in [0.15, 0.2) is 5.82 Å². The van der Waals surface area contributed by atoms with Crippen LogP contribution >= 0.6 is 0 Å². The molecule has 0 aliphatic carbocycles. The third kappa shape index (κ3) is 6.48. The van der Waals surface area contributed by atoms with Crippen LogP contribution in [-0.4, -0.2) is 53.5 Å². The van der Waals surface area contributed by atoms with E-state index < -0.39 is 23.3 Å². The van der Waals surface area contributed by atoms with E-state index in [1.165, 1.54) is 29.5 Å². The van der Waals surface area contributed by atoms with Gasteiger partial charge >= 0.3 is 5.97 Å². The number of tetrazole rings is 1. The van der Waals surface area contributed by atoms with E-state index in [0.29, 0.717) is 22.7 Å². The summed E-state index contributed by atoms with van der Waals surface area (Å²) in [4.78, 5) is 21.3. The number of hydrogen-bond acceptors (Lipinski definition) is 10. The largest absolute Gasteiger partial charge is 0.460 e. The number of aliphatic hydroxyl groups is 1. The van der Waals surface area contributed by atoms with Gasteiger partial charge in [0.25, 0.3) is 5.88 Å². The first-order valence-corrected chi connectivity index (χ1v) is 11.1. The number of carbonyl (C=O) groups excluding carboxylic acids is 1. The Balaban J connectivity index is 1.38. The Kier molecular flexibility index (Phi) is 7.34. The van der Waals surface area contributed by atoms with Crippen LogP contribution in [0.2, 0.25) is 0 Å². The van der Waals surface area contributed by atoms with Crippen molar-refractivity contribution in [3.63, 3.8) is 0 Å². The number of oxazole rings is 1. The summed E-state index contributed by atoms with van der Waals surface area (Å²) in [6.07, 6.45) is 4.28. The van der Waals surface area contributed by atoms with E-state index >= 15 is 0 Å². The molecule has 4 rings (SSSR count). The van der Waals surface area contributed by atoms with Crippen molar-refractivity contribution in [3.8, 4) is 34.5 Å². The molecule has 12 heteroatoms. The molecule has 0 radical (unpaired) electrons. The highest BCUT2D eigenvalue weighted by Crippen LogP contribution is 2.27. The standard InChI is InChI=1S/C24H25FN6O5/c1-24(2,3)36-20(33)10-15(14-32)13-31-29-21(28-30-31)16-4-6-18(7-5-16)35-23-19(25)11-17(12-27-23)22-26-8-9-34-22/h4-9,11-12,15,32H,10,13-14H2,1-3H3/t15-/m0/s1. The Morgan fingerprint density at radius 3 is 2.61 bits per heavy atom. The van der Waals surface area contributed by atoms with Crippen LogP contribution in [0.25, 0.3) is 22.8 Å². The molecule has 3 heterocycles. The molecule has 1 atom stereocenters. The van der Waals surface area contributed by atoms with E-state index in [1.54, 1.807) is 45.0 Å². The molecule has 0 fully saturated rings. The van der Waals surface area contributed by atoms with Gasteiger partial charge in [0.2, 0.25) is 11.7 Å². The van der Waals surface area contributed by atoms with E-state index in [4.69, 9.17) is 13.9 Å². The Labute approximate surface area is 205 Å². The minimum absolute atomic E-state index is 0.0281. The van der Waals surface area contributed by atoms with Gasteiger partial charge in [-0.25, -0.2) is 14.4 Å². The molecule has 0 saturated heterocycles. The Bertz CT molecular complexity index is 1300. The van der Waals surface area contributed by atoms with Crippen LogP contribution in [0.3, 0.4) is 0 Å². The molecule has 0 unspecified atom stereocenters. The van der Waals surface area contributed by atoms with Gasteiger partial charge in [-0.05, 0) is 56.3 Å². The highest BCUT2D eigenvalue weighted by Gasteiger charge is 2.21. The number of nitrogens with zero attached hydrogens (tertiary/aromatic N) is 6. The van der Waals surface area contributed by atoms with Gasteiger partial charge in [0.05, 0.1) is 24.7 Å². The summed E-state index contributed by atoms with van der Waals surface area (Å²) < 4.78 is 30.4. The maximum atomic E-state index is 14.4. The van der Waals surface area contributed by atoms with Crippen molar-refractivity contribution >= 4 is 5.97 Å². The molecule has 4 aromatic rings. The lowest BCUT2D eigenvalue weighted by Gasteiger charge is -2.21. The van der Waals surface area contributed by atoms with Gasteiger partial charge in [-0.3, -0.25) is 4.79 Å². The molecule has 36 heavy (non-hydrogen) atoms. The predicted molar refractivity (Wildman–Crippen MR) is 124 cm³/mol. The van der Waals surface area contributed by atoms with Gasteiger partial charge in [0, 0.05) is 24.3 Å². The molecule has 1 aromatic carbocycles. The summed E-state index contributed by atoms with van der Waals surface area (Å²) in [5.74, 6) is -0.723. The minimum atomic E-state index is -0.663. The monoisotopic (exact) mass is 496 g/mol. The number of ether oxygens (including phenoxy) is 2. The van der Waals surface area contributed by atoms with Crippen LogP contribution in [0.4, 0.5) is 4.39 Å². The second kappa shape index (κ2) is 10.6. The lowest BCUT2D eigenvalue weighted by molar-refractivity contribution is -0.156. The molecule has 0 aliphatic heterocycles. The molecular weight excluding hydrogens is 471 g/mol. The zero-order chi connectivity index (χ0) is 25.7. The number of hydrogen-bond donors (Lipinski definition) is 1. The van der Waals surface area contributed by atoms with Gasteiger partial charge in [0.1, 0.15) is 17.6 Å². The minimum Gasteiger partial charge on any atom is -0.460 e. The Hall–Kier alpha value is -4.19. The molecule has 0 saturated carbocycles. The number of aliphatic hydroxyl groups excluding tert-OH is 1. The molecule has 1 N–H and O–H groups in total. The van der Waals surface area contributed by atoms with Crippen molar-refractivity contribution in [2.24, 2.45) is 5.92 Å². The van der Waals surface area contributed by atoms with Crippen LogP contribution < -0.4 is 4.74 Å². The average molecular weight is 496 g/mol. The second-order valence-electron chi connectivity index (χ2n) is 8.98. The van der Waals surface area contributed by atoms with Crippen LogP contribution in [0.15, 0.2) is 53.4 Å². The van der Waals surface area contributed by atoms with Gasteiger partial charge in [-0.2, -0.15) is 4.80 Å². The highest BCUT2D eigenvalue weighted by atomic mass is 19.1. The summed E-state index contributed by atoms with van der Waals surface area (Å²) >= 11 is 0. The van der Waals surface area contributed by atoms with E-state index in [0.717, 1.165) is 0 Å². The first-order valence-electron chi connectivity index (χ1n) is 11.1. The number of benzene rings is 1. The van der Waals surface area contributed by atoms with E-state index in [9.17, 15) is 14.3 Å². The fourth-order valence-electron chi connectivity index (χ4n) is 3.24. The number of rotatable bonds is 9. The fraction of sp³-hybridized carbons (Fsp3) is 0.333. The van der Waals surface area contributed by atoms with Gasteiger partial charge in [-0.1, -0.05) is 0 Å².